The molecule has 3 heteroatoms. The fourth-order valence-corrected chi connectivity index (χ4v) is 3.47. The van der Waals surface area contributed by atoms with E-state index in [1.165, 1.54) is 18.4 Å². The molecule has 0 saturated heterocycles. The van der Waals surface area contributed by atoms with E-state index in [4.69, 9.17) is 0 Å². The smallest absolute Gasteiger partial charge is 0.251 e. The molecule has 0 spiro atoms. The van der Waals surface area contributed by atoms with Crippen LogP contribution in [0.2, 0.25) is 0 Å². The average Bonchev–Trinajstić information content (AvgIpc) is 2.65. The van der Waals surface area contributed by atoms with E-state index in [1.807, 2.05) is 25.1 Å². The highest BCUT2D eigenvalue weighted by Crippen LogP contribution is 2.42. The van der Waals surface area contributed by atoms with Gasteiger partial charge in [-0.15, -0.1) is 0 Å². The molecular formula is C18H28N2O. The molecule has 1 aliphatic rings. The Kier molecular flexibility index (Phi) is 4.60. The molecule has 0 aromatic heterocycles. The van der Waals surface area contributed by atoms with Crippen LogP contribution in [-0.2, 0) is 0 Å². The number of amides is 1. The quantitative estimate of drug-likeness (QED) is 0.880. The molecule has 0 heterocycles. The van der Waals surface area contributed by atoms with Gasteiger partial charge in [0.15, 0.2) is 0 Å². The topological polar surface area (TPSA) is 41.1 Å². The van der Waals surface area contributed by atoms with Crippen LogP contribution < -0.4 is 10.6 Å². The van der Waals surface area contributed by atoms with Crippen molar-refractivity contribution >= 4 is 11.6 Å². The van der Waals surface area contributed by atoms with Crippen LogP contribution in [-0.4, -0.2) is 18.5 Å². The third-order valence-electron chi connectivity index (χ3n) is 4.51. The van der Waals surface area contributed by atoms with Crippen molar-refractivity contribution in [1.29, 1.82) is 0 Å². The Morgan fingerprint density at radius 3 is 2.62 bits per heavy atom. The monoisotopic (exact) mass is 288 g/mol. The number of carbonyl (C=O) groups excluding carboxylic acids is 1. The normalized spacial score (nSPS) is 23.9. The fraction of sp³-hybridized carbons (Fsp3) is 0.611. The molecule has 1 aromatic rings. The van der Waals surface area contributed by atoms with E-state index >= 15 is 0 Å². The molecule has 2 atom stereocenters. The van der Waals surface area contributed by atoms with E-state index in [0.29, 0.717) is 23.9 Å². The van der Waals surface area contributed by atoms with Gasteiger partial charge in [-0.05, 0) is 55.7 Å². The predicted octanol–water partition coefficient (Wildman–Crippen LogP) is 3.98. The van der Waals surface area contributed by atoms with Crippen LogP contribution in [0.25, 0.3) is 0 Å². The molecule has 2 N–H and O–H groups in total. The van der Waals surface area contributed by atoms with Gasteiger partial charge in [-0.3, -0.25) is 4.79 Å². The first kappa shape index (κ1) is 15.9. The summed E-state index contributed by atoms with van der Waals surface area (Å²) in [6, 6.07) is 6.40. The molecule has 116 valence electrons. The zero-order valence-electron chi connectivity index (χ0n) is 13.9. The van der Waals surface area contributed by atoms with E-state index in [1.54, 1.807) is 0 Å². The minimum Gasteiger partial charge on any atom is -0.382 e. The Labute approximate surface area is 128 Å². The molecule has 2 unspecified atom stereocenters. The summed E-state index contributed by atoms with van der Waals surface area (Å²) in [6.45, 7) is 11.7. The van der Waals surface area contributed by atoms with Crippen LogP contribution in [0.1, 0.15) is 56.5 Å². The predicted molar refractivity (Wildman–Crippen MR) is 88.8 cm³/mol. The van der Waals surface area contributed by atoms with Crippen LogP contribution in [0.5, 0.6) is 0 Å². The molecule has 21 heavy (non-hydrogen) atoms. The third-order valence-corrected chi connectivity index (χ3v) is 4.51. The van der Waals surface area contributed by atoms with Gasteiger partial charge in [-0.25, -0.2) is 0 Å². The molecule has 0 bridgehead atoms. The lowest BCUT2D eigenvalue weighted by Gasteiger charge is -2.21. The summed E-state index contributed by atoms with van der Waals surface area (Å²) < 4.78 is 0. The zero-order valence-corrected chi connectivity index (χ0v) is 13.9. The lowest BCUT2D eigenvalue weighted by molar-refractivity contribution is 0.0956. The Bertz CT molecular complexity index is 522. The first-order valence-corrected chi connectivity index (χ1v) is 7.98. The van der Waals surface area contributed by atoms with Gasteiger partial charge in [0.2, 0.25) is 0 Å². The Morgan fingerprint density at radius 2 is 2.05 bits per heavy atom. The standard InChI is InChI=1S/C18H28N2O/c1-6-19-17(21)14-8-7-12(2)15(9-14)20-16-11-18(4,5)10-13(16)3/h7-9,13,16,20H,6,10-11H2,1-5H3,(H,19,21). The number of hydrogen-bond donors (Lipinski definition) is 2. The summed E-state index contributed by atoms with van der Waals surface area (Å²) in [6.07, 6.45) is 2.43. The second-order valence-electron chi connectivity index (χ2n) is 7.19. The molecule has 1 saturated carbocycles. The lowest BCUT2D eigenvalue weighted by atomic mass is 9.91. The van der Waals surface area contributed by atoms with E-state index in [2.05, 4.69) is 38.3 Å². The molecule has 1 aliphatic carbocycles. The van der Waals surface area contributed by atoms with Gasteiger partial charge in [0.25, 0.3) is 5.91 Å². The van der Waals surface area contributed by atoms with E-state index in [0.717, 1.165) is 11.3 Å². The maximum atomic E-state index is 12.0. The van der Waals surface area contributed by atoms with Crippen LogP contribution in [0.3, 0.4) is 0 Å². The minimum atomic E-state index is 0.000324. The maximum Gasteiger partial charge on any atom is 0.251 e. The molecule has 0 aliphatic heterocycles. The van der Waals surface area contributed by atoms with Crippen molar-refractivity contribution in [2.24, 2.45) is 11.3 Å². The highest BCUT2D eigenvalue weighted by molar-refractivity contribution is 5.95. The van der Waals surface area contributed by atoms with Gasteiger partial charge < -0.3 is 10.6 Å². The van der Waals surface area contributed by atoms with Crippen molar-refractivity contribution in [3.8, 4) is 0 Å². The Hall–Kier alpha value is -1.51. The second kappa shape index (κ2) is 6.08. The fourth-order valence-electron chi connectivity index (χ4n) is 3.47. The van der Waals surface area contributed by atoms with E-state index < -0.39 is 0 Å². The van der Waals surface area contributed by atoms with Crippen molar-refractivity contribution in [3.63, 3.8) is 0 Å². The Balaban J connectivity index is 2.16. The van der Waals surface area contributed by atoms with Gasteiger partial charge in [0, 0.05) is 23.8 Å². The summed E-state index contributed by atoms with van der Waals surface area (Å²) in [5.74, 6) is 0.660. The number of aryl methyl sites for hydroxylation is 1. The number of nitrogens with one attached hydrogen (secondary N) is 2. The van der Waals surface area contributed by atoms with Crippen molar-refractivity contribution < 1.29 is 4.79 Å². The summed E-state index contributed by atoms with van der Waals surface area (Å²) in [4.78, 5) is 12.0. The molecule has 2 rings (SSSR count). The van der Waals surface area contributed by atoms with Crippen LogP contribution in [0.15, 0.2) is 18.2 Å². The molecular weight excluding hydrogens is 260 g/mol. The molecule has 1 amide bonds. The summed E-state index contributed by atoms with van der Waals surface area (Å²) >= 11 is 0. The largest absolute Gasteiger partial charge is 0.382 e. The summed E-state index contributed by atoms with van der Waals surface area (Å²) in [7, 11) is 0. The molecule has 1 aromatic carbocycles. The second-order valence-corrected chi connectivity index (χ2v) is 7.19. The van der Waals surface area contributed by atoms with Gasteiger partial charge in [-0.1, -0.05) is 26.8 Å². The first-order chi connectivity index (χ1) is 9.82. The number of anilines is 1. The van der Waals surface area contributed by atoms with Crippen molar-refractivity contribution in [3.05, 3.63) is 29.3 Å². The van der Waals surface area contributed by atoms with Crippen molar-refractivity contribution in [1.82, 2.24) is 5.32 Å². The van der Waals surface area contributed by atoms with Crippen LogP contribution >= 0.6 is 0 Å². The highest BCUT2D eigenvalue weighted by Gasteiger charge is 2.36. The van der Waals surface area contributed by atoms with Crippen LogP contribution in [0.4, 0.5) is 5.69 Å². The van der Waals surface area contributed by atoms with E-state index in [-0.39, 0.29) is 5.91 Å². The minimum absolute atomic E-state index is 0.000324. The van der Waals surface area contributed by atoms with Crippen molar-refractivity contribution in [2.45, 2.75) is 53.5 Å². The van der Waals surface area contributed by atoms with Crippen LogP contribution in [0, 0.1) is 18.3 Å². The average molecular weight is 288 g/mol. The van der Waals surface area contributed by atoms with Gasteiger partial charge in [0.1, 0.15) is 0 Å². The summed E-state index contributed by atoms with van der Waals surface area (Å²) in [5, 5.41) is 6.53. The Morgan fingerprint density at radius 1 is 1.33 bits per heavy atom. The number of hydrogen-bond acceptors (Lipinski definition) is 2. The lowest BCUT2D eigenvalue weighted by Crippen LogP contribution is -2.25. The number of carbonyl (C=O) groups is 1. The van der Waals surface area contributed by atoms with Gasteiger partial charge in [-0.2, -0.15) is 0 Å². The first-order valence-electron chi connectivity index (χ1n) is 7.98. The van der Waals surface area contributed by atoms with Crippen molar-refractivity contribution in [2.75, 3.05) is 11.9 Å². The maximum absolute atomic E-state index is 12.0. The highest BCUT2D eigenvalue weighted by atomic mass is 16.1. The van der Waals surface area contributed by atoms with E-state index in [9.17, 15) is 4.79 Å². The third kappa shape index (κ3) is 3.78. The molecule has 0 radical (unpaired) electrons. The molecule has 3 nitrogen and oxygen atoms in total. The number of rotatable bonds is 4. The zero-order chi connectivity index (χ0) is 15.6. The SMILES string of the molecule is CCNC(=O)c1ccc(C)c(NC2CC(C)(C)CC2C)c1. The van der Waals surface area contributed by atoms with Gasteiger partial charge in [0.05, 0.1) is 0 Å². The molecule has 1 fully saturated rings. The number of benzene rings is 1. The van der Waals surface area contributed by atoms with Gasteiger partial charge >= 0.3 is 0 Å². The summed E-state index contributed by atoms with van der Waals surface area (Å²) in [5.41, 5.74) is 3.42.